The zero-order valence-electron chi connectivity index (χ0n) is 21.7. The third-order valence-corrected chi connectivity index (χ3v) is 5.72. The normalized spacial score (nSPS) is 14.2. The zero-order valence-corrected chi connectivity index (χ0v) is 21.7. The number of carbonyl (C=O) groups is 3. The Balaban J connectivity index is 2.00. The predicted octanol–water partition coefficient (Wildman–Crippen LogP) is 4.72. The molecule has 0 spiro atoms. The summed E-state index contributed by atoms with van der Waals surface area (Å²) in [5.74, 6) is 1.28. The molecule has 0 aromatic heterocycles. The molecule has 1 heterocycles. The predicted molar refractivity (Wildman–Crippen MR) is 137 cm³/mol. The van der Waals surface area contributed by atoms with Crippen LogP contribution in [0.15, 0.2) is 42.6 Å². The fraction of sp³-hybridized carbons (Fsp3) is 0.393. The SMILES string of the molecule is CCOC(=O)N1C=C(C=O)c2cc(OCCCOC(C)=O)c(OC)cc2C1Cc1cccc(OCC)c1. The van der Waals surface area contributed by atoms with E-state index in [0.29, 0.717) is 48.4 Å². The van der Waals surface area contributed by atoms with Crippen molar-refractivity contribution in [3.05, 3.63) is 59.3 Å². The van der Waals surface area contributed by atoms with Gasteiger partial charge in [0.15, 0.2) is 17.8 Å². The lowest BCUT2D eigenvalue weighted by atomic mass is 9.87. The maximum Gasteiger partial charge on any atom is 0.414 e. The van der Waals surface area contributed by atoms with E-state index < -0.39 is 12.1 Å². The third kappa shape index (κ3) is 7.03. The molecule has 0 saturated heterocycles. The van der Waals surface area contributed by atoms with E-state index in [0.717, 1.165) is 16.9 Å². The average molecular weight is 512 g/mol. The lowest BCUT2D eigenvalue weighted by Gasteiger charge is -2.34. The van der Waals surface area contributed by atoms with Crippen molar-refractivity contribution in [2.24, 2.45) is 0 Å². The molecule has 1 atom stereocenters. The molecule has 3 rings (SSSR count). The van der Waals surface area contributed by atoms with Crippen molar-refractivity contribution in [2.75, 3.05) is 33.5 Å². The number of hydrogen-bond donors (Lipinski definition) is 0. The van der Waals surface area contributed by atoms with Crippen LogP contribution in [0.25, 0.3) is 5.57 Å². The highest BCUT2D eigenvalue weighted by Gasteiger charge is 2.33. The van der Waals surface area contributed by atoms with Crippen molar-refractivity contribution in [3.63, 3.8) is 0 Å². The van der Waals surface area contributed by atoms with Crippen LogP contribution in [0.3, 0.4) is 0 Å². The second kappa shape index (κ2) is 13.3. The van der Waals surface area contributed by atoms with Crippen molar-refractivity contribution in [2.45, 2.75) is 39.7 Å². The topological polar surface area (TPSA) is 101 Å². The Labute approximate surface area is 216 Å². The Kier molecular flexibility index (Phi) is 9.94. The molecule has 37 heavy (non-hydrogen) atoms. The van der Waals surface area contributed by atoms with Crippen LogP contribution in [0.4, 0.5) is 4.79 Å². The van der Waals surface area contributed by atoms with Gasteiger partial charge in [-0.15, -0.1) is 0 Å². The van der Waals surface area contributed by atoms with Crippen LogP contribution in [0.5, 0.6) is 17.2 Å². The largest absolute Gasteiger partial charge is 0.494 e. The summed E-state index contributed by atoms with van der Waals surface area (Å²) in [6.07, 6.45) is 2.60. The Morgan fingerprint density at radius 1 is 1.00 bits per heavy atom. The van der Waals surface area contributed by atoms with Gasteiger partial charge in [0.1, 0.15) is 5.75 Å². The maximum atomic E-state index is 12.9. The number of esters is 1. The number of fused-ring (bicyclic) bond motifs is 1. The van der Waals surface area contributed by atoms with E-state index in [-0.39, 0.29) is 25.8 Å². The first kappa shape index (κ1) is 27.6. The van der Waals surface area contributed by atoms with Crippen molar-refractivity contribution in [3.8, 4) is 17.2 Å². The van der Waals surface area contributed by atoms with E-state index in [2.05, 4.69) is 0 Å². The minimum absolute atomic E-state index is 0.197. The number of hydrogen-bond acceptors (Lipinski definition) is 8. The fourth-order valence-corrected chi connectivity index (χ4v) is 4.12. The molecule has 9 heteroatoms. The molecule has 0 N–H and O–H groups in total. The van der Waals surface area contributed by atoms with E-state index in [1.165, 1.54) is 25.1 Å². The van der Waals surface area contributed by atoms with Crippen molar-refractivity contribution in [1.29, 1.82) is 0 Å². The van der Waals surface area contributed by atoms with Crippen molar-refractivity contribution >= 4 is 23.9 Å². The Hall–Kier alpha value is -4.01. The lowest BCUT2D eigenvalue weighted by molar-refractivity contribution is -0.141. The Bertz CT molecular complexity index is 1140. The second-order valence-corrected chi connectivity index (χ2v) is 8.24. The van der Waals surface area contributed by atoms with Crippen LogP contribution in [0, 0.1) is 0 Å². The molecule has 1 amide bonds. The first-order chi connectivity index (χ1) is 17.9. The van der Waals surface area contributed by atoms with Crippen LogP contribution in [-0.4, -0.2) is 56.8 Å². The number of rotatable bonds is 12. The molecule has 1 aliphatic heterocycles. The van der Waals surface area contributed by atoms with Gasteiger partial charge in [-0.2, -0.15) is 0 Å². The van der Waals surface area contributed by atoms with Gasteiger partial charge in [-0.3, -0.25) is 14.5 Å². The summed E-state index contributed by atoms with van der Waals surface area (Å²) in [6.45, 7) is 6.25. The third-order valence-electron chi connectivity index (χ3n) is 5.72. The van der Waals surface area contributed by atoms with Gasteiger partial charge in [0.2, 0.25) is 0 Å². The molecule has 9 nitrogen and oxygen atoms in total. The summed E-state index contributed by atoms with van der Waals surface area (Å²) in [6, 6.07) is 10.7. The van der Waals surface area contributed by atoms with Crippen LogP contribution >= 0.6 is 0 Å². The molecular weight excluding hydrogens is 478 g/mol. The van der Waals surface area contributed by atoms with E-state index in [1.54, 1.807) is 19.1 Å². The quantitative estimate of drug-likeness (QED) is 0.229. The summed E-state index contributed by atoms with van der Waals surface area (Å²) in [4.78, 5) is 37.4. The van der Waals surface area contributed by atoms with Crippen molar-refractivity contribution in [1.82, 2.24) is 4.90 Å². The van der Waals surface area contributed by atoms with Crippen LogP contribution < -0.4 is 14.2 Å². The monoisotopic (exact) mass is 511 g/mol. The standard InChI is InChI=1S/C28H33NO8/c1-5-34-22-10-7-9-20(13-22)14-25-24-16-26(33-4)27(37-12-8-11-36-19(3)31)15-23(24)21(18-30)17-29(25)28(32)35-6-2/h7,9-10,13,15-18,25H,5-6,8,11-12,14H2,1-4H3. The van der Waals surface area contributed by atoms with Gasteiger partial charge in [0, 0.05) is 25.1 Å². The second-order valence-electron chi connectivity index (χ2n) is 8.24. The van der Waals surface area contributed by atoms with E-state index in [1.807, 2.05) is 31.2 Å². The van der Waals surface area contributed by atoms with Gasteiger partial charge in [-0.25, -0.2) is 4.79 Å². The van der Waals surface area contributed by atoms with Crippen LogP contribution in [0.1, 0.15) is 49.9 Å². The molecule has 0 bridgehead atoms. The van der Waals surface area contributed by atoms with Gasteiger partial charge < -0.3 is 23.7 Å². The molecule has 0 fully saturated rings. The van der Waals surface area contributed by atoms with Crippen LogP contribution in [0.2, 0.25) is 0 Å². The number of benzene rings is 2. The summed E-state index contributed by atoms with van der Waals surface area (Å²) in [5, 5.41) is 0. The first-order valence-corrected chi connectivity index (χ1v) is 12.2. The number of carbonyl (C=O) groups excluding carboxylic acids is 3. The lowest BCUT2D eigenvalue weighted by Crippen LogP contribution is -2.35. The summed E-state index contributed by atoms with van der Waals surface area (Å²) in [5.41, 5.74) is 2.62. The Morgan fingerprint density at radius 2 is 1.81 bits per heavy atom. The highest BCUT2D eigenvalue weighted by molar-refractivity contribution is 6.09. The number of allylic oxidation sites excluding steroid dienone is 1. The summed E-state index contributed by atoms with van der Waals surface area (Å²) < 4.78 is 27.4. The molecular formula is C28H33NO8. The van der Waals surface area contributed by atoms with Crippen LogP contribution in [-0.2, 0) is 25.5 Å². The fourth-order valence-electron chi connectivity index (χ4n) is 4.12. The molecule has 2 aromatic rings. The van der Waals surface area contributed by atoms with Gasteiger partial charge in [-0.1, -0.05) is 12.1 Å². The molecule has 2 aromatic carbocycles. The van der Waals surface area contributed by atoms with Gasteiger partial charge in [-0.05, 0) is 61.2 Å². The average Bonchev–Trinajstić information content (AvgIpc) is 2.88. The zero-order chi connectivity index (χ0) is 26.8. The summed E-state index contributed by atoms with van der Waals surface area (Å²) >= 11 is 0. The smallest absolute Gasteiger partial charge is 0.414 e. The summed E-state index contributed by atoms with van der Waals surface area (Å²) in [7, 11) is 1.52. The molecule has 198 valence electrons. The van der Waals surface area contributed by atoms with Crippen molar-refractivity contribution < 1.29 is 38.1 Å². The van der Waals surface area contributed by atoms with Gasteiger partial charge in [0.05, 0.1) is 39.6 Å². The minimum Gasteiger partial charge on any atom is -0.494 e. The number of ether oxygens (including phenoxy) is 5. The number of aldehydes is 1. The molecule has 1 unspecified atom stereocenters. The Morgan fingerprint density at radius 3 is 2.49 bits per heavy atom. The number of amides is 1. The maximum absolute atomic E-state index is 12.9. The molecule has 0 aliphatic carbocycles. The molecule has 1 aliphatic rings. The minimum atomic E-state index is -0.553. The molecule has 0 saturated carbocycles. The first-order valence-electron chi connectivity index (χ1n) is 12.2. The highest BCUT2D eigenvalue weighted by Crippen LogP contribution is 2.42. The number of nitrogens with zero attached hydrogens (tertiary/aromatic N) is 1. The van der Waals surface area contributed by atoms with E-state index in [4.69, 9.17) is 23.7 Å². The molecule has 0 radical (unpaired) electrons. The number of methoxy groups -OCH3 is 1. The van der Waals surface area contributed by atoms with Gasteiger partial charge >= 0.3 is 12.1 Å². The highest BCUT2D eigenvalue weighted by atomic mass is 16.6. The van der Waals surface area contributed by atoms with E-state index in [9.17, 15) is 14.4 Å². The van der Waals surface area contributed by atoms with Gasteiger partial charge in [0.25, 0.3) is 0 Å². The van der Waals surface area contributed by atoms with E-state index >= 15 is 0 Å².